The first kappa shape index (κ1) is 23.9. The average molecular weight is 458 g/mol. The number of sulfonamides is 1. The summed E-state index contributed by atoms with van der Waals surface area (Å²) in [5.41, 5.74) is 2.65. The molecule has 0 bridgehead atoms. The van der Waals surface area contributed by atoms with Gasteiger partial charge < -0.3 is 10.2 Å². The minimum Gasteiger partial charge on any atom is -0.354 e. The number of benzene rings is 2. The molecule has 8 heteroatoms. The Kier molecular flexibility index (Phi) is 7.36. The van der Waals surface area contributed by atoms with Gasteiger partial charge in [0, 0.05) is 25.2 Å². The summed E-state index contributed by atoms with van der Waals surface area (Å²) in [4.78, 5) is 26.4. The summed E-state index contributed by atoms with van der Waals surface area (Å²) in [6, 6.07) is 13.6. The Hall–Kier alpha value is -2.71. The Labute approximate surface area is 190 Å². The number of carbonyl (C=O) groups excluding carboxylic acids is 2. The molecule has 0 aromatic heterocycles. The SMILES string of the molecule is CC(=O)N1c2ccc(S(=O)(=O)N[C@@H](C(=O)NCCc3ccccc3)C(C)C)cc2C[C@H]1C. The molecule has 0 saturated carbocycles. The van der Waals surface area contributed by atoms with E-state index in [0.29, 0.717) is 19.4 Å². The number of hydrogen-bond donors (Lipinski definition) is 2. The average Bonchev–Trinajstić information content (AvgIpc) is 3.07. The number of nitrogens with zero attached hydrogens (tertiary/aromatic N) is 1. The van der Waals surface area contributed by atoms with Crippen LogP contribution < -0.4 is 14.9 Å². The maximum atomic E-state index is 13.1. The monoisotopic (exact) mass is 457 g/mol. The van der Waals surface area contributed by atoms with Crippen molar-refractivity contribution in [2.45, 2.75) is 57.5 Å². The molecule has 2 N–H and O–H groups in total. The first-order valence-electron chi connectivity index (χ1n) is 10.9. The molecule has 1 aliphatic heterocycles. The van der Waals surface area contributed by atoms with Crippen LogP contribution in [0.5, 0.6) is 0 Å². The fourth-order valence-corrected chi connectivity index (χ4v) is 5.46. The van der Waals surface area contributed by atoms with E-state index in [2.05, 4.69) is 10.0 Å². The first-order valence-corrected chi connectivity index (χ1v) is 12.3. The van der Waals surface area contributed by atoms with Crippen molar-refractivity contribution in [1.29, 1.82) is 0 Å². The molecule has 32 heavy (non-hydrogen) atoms. The molecule has 7 nitrogen and oxygen atoms in total. The standard InChI is InChI=1S/C24H31N3O4S/c1-16(2)23(24(29)25-13-12-19-8-6-5-7-9-19)26-32(30,31)21-10-11-22-20(15-21)14-17(3)27(22)18(4)28/h5-11,15-17,23,26H,12-14H2,1-4H3,(H,25,29)/t17-,23-/m1/s1. The van der Waals surface area contributed by atoms with Crippen LogP contribution in [-0.2, 0) is 32.5 Å². The largest absolute Gasteiger partial charge is 0.354 e. The number of fused-ring (bicyclic) bond motifs is 1. The van der Waals surface area contributed by atoms with Gasteiger partial charge in [0.1, 0.15) is 6.04 Å². The Morgan fingerprint density at radius 3 is 2.44 bits per heavy atom. The summed E-state index contributed by atoms with van der Waals surface area (Å²) in [6.07, 6.45) is 1.26. The summed E-state index contributed by atoms with van der Waals surface area (Å²) < 4.78 is 28.7. The molecule has 172 valence electrons. The van der Waals surface area contributed by atoms with Gasteiger partial charge in [0.2, 0.25) is 21.8 Å². The highest BCUT2D eigenvalue weighted by Gasteiger charge is 2.32. The van der Waals surface area contributed by atoms with Crippen LogP contribution in [0.15, 0.2) is 53.4 Å². The molecule has 0 radical (unpaired) electrons. The maximum Gasteiger partial charge on any atom is 0.241 e. The van der Waals surface area contributed by atoms with E-state index in [9.17, 15) is 18.0 Å². The fraction of sp³-hybridized carbons (Fsp3) is 0.417. The summed E-state index contributed by atoms with van der Waals surface area (Å²) in [5.74, 6) is -0.654. The van der Waals surface area contributed by atoms with Gasteiger partial charge in [-0.3, -0.25) is 9.59 Å². The molecular weight excluding hydrogens is 426 g/mol. The van der Waals surface area contributed by atoms with Crippen molar-refractivity contribution in [3.8, 4) is 0 Å². The van der Waals surface area contributed by atoms with Crippen LogP contribution >= 0.6 is 0 Å². The Bertz CT molecular complexity index is 1080. The van der Waals surface area contributed by atoms with Crippen LogP contribution in [0.1, 0.15) is 38.8 Å². The lowest BCUT2D eigenvalue weighted by Crippen LogP contribution is -2.49. The quantitative estimate of drug-likeness (QED) is 0.637. The molecule has 0 saturated heterocycles. The van der Waals surface area contributed by atoms with Crippen molar-refractivity contribution in [2.24, 2.45) is 5.92 Å². The number of carbonyl (C=O) groups is 2. The van der Waals surface area contributed by atoms with E-state index in [1.165, 1.54) is 13.0 Å². The van der Waals surface area contributed by atoms with Crippen LogP contribution in [0.25, 0.3) is 0 Å². The minimum absolute atomic E-state index is 0.0211. The molecule has 1 aliphatic rings. The van der Waals surface area contributed by atoms with Gasteiger partial charge in [-0.05, 0) is 55.0 Å². The van der Waals surface area contributed by atoms with Crippen LogP contribution in [0, 0.1) is 5.92 Å². The van der Waals surface area contributed by atoms with Gasteiger partial charge in [0.25, 0.3) is 0 Å². The van der Waals surface area contributed by atoms with Gasteiger partial charge >= 0.3 is 0 Å². The van der Waals surface area contributed by atoms with Crippen molar-refractivity contribution in [3.05, 3.63) is 59.7 Å². The summed E-state index contributed by atoms with van der Waals surface area (Å²) in [6.45, 7) is 7.47. The van der Waals surface area contributed by atoms with E-state index in [4.69, 9.17) is 0 Å². The first-order chi connectivity index (χ1) is 15.1. The summed E-state index contributed by atoms with van der Waals surface area (Å²) in [7, 11) is -3.92. The molecule has 2 amide bonds. The van der Waals surface area contributed by atoms with Gasteiger partial charge in [0.15, 0.2) is 0 Å². The Balaban J connectivity index is 1.71. The third kappa shape index (κ3) is 5.37. The Morgan fingerprint density at radius 2 is 1.81 bits per heavy atom. The maximum absolute atomic E-state index is 13.1. The molecule has 0 unspecified atom stereocenters. The molecule has 0 spiro atoms. The highest BCUT2D eigenvalue weighted by molar-refractivity contribution is 7.89. The van der Waals surface area contributed by atoms with Crippen LogP contribution in [0.3, 0.4) is 0 Å². The van der Waals surface area contributed by atoms with Gasteiger partial charge in [-0.25, -0.2) is 8.42 Å². The van der Waals surface area contributed by atoms with E-state index in [-0.39, 0.29) is 28.7 Å². The third-order valence-corrected chi connectivity index (χ3v) is 7.14. The minimum atomic E-state index is -3.92. The lowest BCUT2D eigenvalue weighted by molar-refractivity contribution is -0.123. The lowest BCUT2D eigenvalue weighted by atomic mass is 10.0. The zero-order chi connectivity index (χ0) is 23.5. The topological polar surface area (TPSA) is 95.6 Å². The Morgan fingerprint density at radius 1 is 1.12 bits per heavy atom. The van der Waals surface area contributed by atoms with Gasteiger partial charge in [-0.15, -0.1) is 0 Å². The van der Waals surface area contributed by atoms with Crippen molar-refractivity contribution < 1.29 is 18.0 Å². The fourth-order valence-electron chi connectivity index (χ4n) is 4.07. The molecule has 0 aliphatic carbocycles. The number of hydrogen-bond acceptors (Lipinski definition) is 4. The van der Waals surface area contributed by atoms with Crippen LogP contribution in [-0.4, -0.2) is 38.9 Å². The van der Waals surface area contributed by atoms with E-state index in [1.54, 1.807) is 30.9 Å². The predicted molar refractivity (Wildman–Crippen MR) is 125 cm³/mol. The lowest BCUT2D eigenvalue weighted by Gasteiger charge is -2.22. The number of rotatable bonds is 8. The summed E-state index contributed by atoms with van der Waals surface area (Å²) in [5, 5.41) is 2.84. The predicted octanol–water partition coefficient (Wildman–Crippen LogP) is 2.65. The highest BCUT2D eigenvalue weighted by atomic mass is 32.2. The van der Waals surface area contributed by atoms with Crippen molar-refractivity contribution in [3.63, 3.8) is 0 Å². The summed E-state index contributed by atoms with van der Waals surface area (Å²) >= 11 is 0. The van der Waals surface area contributed by atoms with E-state index < -0.39 is 16.1 Å². The zero-order valence-corrected chi connectivity index (χ0v) is 19.8. The van der Waals surface area contributed by atoms with Gasteiger partial charge in [-0.1, -0.05) is 44.2 Å². The van der Waals surface area contributed by atoms with E-state index >= 15 is 0 Å². The van der Waals surface area contributed by atoms with Crippen LogP contribution in [0.2, 0.25) is 0 Å². The van der Waals surface area contributed by atoms with Crippen molar-refractivity contribution in [1.82, 2.24) is 10.0 Å². The molecule has 2 atom stereocenters. The molecule has 2 aromatic rings. The second kappa shape index (κ2) is 9.83. The van der Waals surface area contributed by atoms with E-state index in [0.717, 1.165) is 16.8 Å². The molecule has 2 aromatic carbocycles. The van der Waals surface area contributed by atoms with E-state index in [1.807, 2.05) is 37.3 Å². The number of amides is 2. The number of anilines is 1. The number of nitrogens with one attached hydrogen (secondary N) is 2. The molecule has 3 rings (SSSR count). The smallest absolute Gasteiger partial charge is 0.241 e. The van der Waals surface area contributed by atoms with Crippen molar-refractivity contribution in [2.75, 3.05) is 11.4 Å². The third-order valence-electron chi connectivity index (χ3n) is 5.70. The van der Waals surface area contributed by atoms with Crippen LogP contribution in [0.4, 0.5) is 5.69 Å². The zero-order valence-electron chi connectivity index (χ0n) is 19.0. The van der Waals surface area contributed by atoms with Gasteiger partial charge in [0.05, 0.1) is 4.90 Å². The highest BCUT2D eigenvalue weighted by Crippen LogP contribution is 2.34. The normalized spacial score (nSPS) is 16.7. The second-order valence-electron chi connectivity index (χ2n) is 8.60. The molecule has 1 heterocycles. The van der Waals surface area contributed by atoms with Crippen molar-refractivity contribution >= 4 is 27.5 Å². The van der Waals surface area contributed by atoms with Gasteiger partial charge in [-0.2, -0.15) is 4.72 Å². The molecule has 0 fully saturated rings. The second-order valence-corrected chi connectivity index (χ2v) is 10.3. The molecular formula is C24H31N3O4S.